The number of H-pyrrole nitrogens is 1. The summed E-state index contributed by atoms with van der Waals surface area (Å²) >= 11 is 0. The third kappa shape index (κ3) is 3.54. The number of aromatic amines is 1. The first-order chi connectivity index (χ1) is 10.4. The van der Waals surface area contributed by atoms with Crippen LogP contribution in [0.1, 0.15) is 44.0 Å². The van der Waals surface area contributed by atoms with Crippen LogP contribution in [0, 0.1) is 6.92 Å². The van der Waals surface area contributed by atoms with E-state index >= 15 is 0 Å². The highest BCUT2D eigenvalue weighted by Gasteiger charge is 2.28. The molecule has 1 amide bonds. The molecule has 0 aliphatic carbocycles. The Morgan fingerprint density at radius 2 is 1.82 bits per heavy atom. The third-order valence-corrected chi connectivity index (χ3v) is 2.48. The molecule has 2 heterocycles. The summed E-state index contributed by atoms with van der Waals surface area (Å²) in [5, 5.41) is 15.3. The van der Waals surface area contributed by atoms with E-state index in [0.29, 0.717) is 11.5 Å². The monoisotopic (exact) mass is 309 g/mol. The first kappa shape index (κ1) is 15.8. The highest BCUT2D eigenvalue weighted by atomic mass is 16.5. The third-order valence-electron chi connectivity index (χ3n) is 2.48. The summed E-state index contributed by atoms with van der Waals surface area (Å²) in [5.41, 5.74) is 0. The molecule has 0 atom stereocenters. The van der Waals surface area contributed by atoms with Gasteiger partial charge in [-0.3, -0.25) is 10.1 Å². The lowest BCUT2D eigenvalue weighted by Gasteiger charge is -2.14. The quantitative estimate of drug-likeness (QED) is 0.837. The second-order valence-corrected chi connectivity index (χ2v) is 5.18. The van der Waals surface area contributed by atoms with Crippen LogP contribution in [0.5, 0.6) is 11.5 Å². The Morgan fingerprint density at radius 3 is 2.36 bits per heavy atom. The summed E-state index contributed by atoms with van der Waals surface area (Å²) in [4.78, 5) is 12.3. The average molecular weight is 309 g/mol. The van der Waals surface area contributed by atoms with E-state index < -0.39 is 5.91 Å². The van der Waals surface area contributed by atoms with Crippen LogP contribution in [-0.4, -0.2) is 38.7 Å². The fourth-order valence-electron chi connectivity index (χ4n) is 1.75. The van der Waals surface area contributed by atoms with Crippen molar-refractivity contribution in [1.29, 1.82) is 0 Å². The maximum atomic E-state index is 12.3. The number of nitrogens with zero attached hydrogens (tertiary/aromatic N) is 3. The van der Waals surface area contributed by atoms with Gasteiger partial charge >= 0.3 is 0 Å². The molecule has 0 aliphatic rings. The normalized spacial score (nSPS) is 11.0. The van der Waals surface area contributed by atoms with Crippen molar-refractivity contribution in [2.75, 3.05) is 5.32 Å². The van der Waals surface area contributed by atoms with E-state index in [-0.39, 0.29) is 29.7 Å². The van der Waals surface area contributed by atoms with E-state index in [1.807, 2.05) is 27.7 Å². The number of amides is 1. The van der Waals surface area contributed by atoms with Gasteiger partial charge in [-0.15, -0.1) is 0 Å². The number of ether oxygens (including phenoxy) is 2. The van der Waals surface area contributed by atoms with Gasteiger partial charge in [-0.2, -0.15) is 0 Å². The van der Waals surface area contributed by atoms with Crippen molar-refractivity contribution >= 4 is 11.9 Å². The Kier molecular flexibility index (Phi) is 4.64. The molecule has 22 heavy (non-hydrogen) atoms. The molecule has 0 spiro atoms. The minimum absolute atomic E-state index is 0.0123. The zero-order valence-corrected chi connectivity index (χ0v) is 13.1. The number of carbonyl (C=O) groups excluding carboxylic acids is 1. The number of hydrogen-bond donors (Lipinski definition) is 2. The van der Waals surface area contributed by atoms with Crippen molar-refractivity contribution < 1.29 is 18.7 Å². The number of tetrazole rings is 1. The van der Waals surface area contributed by atoms with Crippen molar-refractivity contribution in [3.8, 4) is 11.5 Å². The Balaban J connectivity index is 2.34. The van der Waals surface area contributed by atoms with Crippen molar-refractivity contribution in [3.05, 3.63) is 11.5 Å². The Bertz CT molecular complexity index is 633. The molecule has 120 valence electrons. The molecule has 2 N–H and O–H groups in total. The van der Waals surface area contributed by atoms with Gasteiger partial charge in [0.15, 0.2) is 0 Å². The molecular formula is C13H19N5O4. The van der Waals surface area contributed by atoms with Gasteiger partial charge in [0.25, 0.3) is 5.91 Å². The Morgan fingerprint density at radius 1 is 1.18 bits per heavy atom. The van der Waals surface area contributed by atoms with E-state index in [0.717, 1.165) is 0 Å². The molecule has 2 aromatic heterocycles. The molecule has 2 aromatic rings. The average Bonchev–Trinajstić information content (AvgIpc) is 3.00. The molecule has 0 fully saturated rings. The van der Waals surface area contributed by atoms with Crippen LogP contribution in [0.2, 0.25) is 0 Å². The van der Waals surface area contributed by atoms with Crippen LogP contribution >= 0.6 is 0 Å². The van der Waals surface area contributed by atoms with Crippen molar-refractivity contribution in [1.82, 2.24) is 20.6 Å². The van der Waals surface area contributed by atoms with Gasteiger partial charge in [0.2, 0.25) is 23.2 Å². The lowest BCUT2D eigenvalue weighted by molar-refractivity contribution is 0.0986. The summed E-state index contributed by atoms with van der Waals surface area (Å²) in [7, 11) is 0. The van der Waals surface area contributed by atoms with Gasteiger partial charge < -0.3 is 13.9 Å². The highest BCUT2D eigenvalue weighted by Crippen LogP contribution is 2.39. The number of aryl methyl sites for hydroxylation is 1. The number of aromatic nitrogens is 4. The standard InChI is InChI=1S/C13H19N5O4/c1-6(2)20-9-8(5)22-11(10(9)21-7(3)4)12(19)14-13-15-17-18-16-13/h6-7H,1-5H3,(H2,14,15,16,17,18,19). The van der Waals surface area contributed by atoms with Crippen LogP contribution in [-0.2, 0) is 0 Å². The molecule has 0 aliphatic heterocycles. The van der Waals surface area contributed by atoms with Crippen LogP contribution in [0.15, 0.2) is 4.42 Å². The molecule has 0 bridgehead atoms. The molecule has 0 unspecified atom stereocenters. The van der Waals surface area contributed by atoms with E-state index in [9.17, 15) is 4.79 Å². The summed E-state index contributed by atoms with van der Waals surface area (Å²) < 4.78 is 16.9. The predicted octanol–water partition coefficient (Wildman–Crippen LogP) is 1.93. The van der Waals surface area contributed by atoms with E-state index in [1.54, 1.807) is 6.92 Å². The Hall–Kier alpha value is -2.58. The minimum Gasteiger partial charge on any atom is -0.484 e. The highest BCUT2D eigenvalue weighted by molar-refractivity contribution is 6.03. The summed E-state index contributed by atoms with van der Waals surface area (Å²) in [6.07, 6.45) is -0.231. The Labute approximate surface area is 127 Å². The van der Waals surface area contributed by atoms with E-state index in [4.69, 9.17) is 13.9 Å². The number of furan rings is 1. The summed E-state index contributed by atoms with van der Waals surface area (Å²) in [5.74, 6) is 0.746. The number of carbonyl (C=O) groups is 1. The van der Waals surface area contributed by atoms with Crippen LogP contribution < -0.4 is 14.8 Å². The number of nitrogens with one attached hydrogen (secondary N) is 2. The lowest BCUT2D eigenvalue weighted by atomic mass is 10.3. The molecule has 0 radical (unpaired) electrons. The molecule has 0 saturated carbocycles. The summed E-state index contributed by atoms with van der Waals surface area (Å²) in [6.45, 7) is 9.17. The fourth-order valence-corrected chi connectivity index (χ4v) is 1.75. The van der Waals surface area contributed by atoms with Crippen LogP contribution in [0.25, 0.3) is 0 Å². The molecule has 9 heteroatoms. The molecular weight excluding hydrogens is 290 g/mol. The zero-order chi connectivity index (χ0) is 16.3. The molecule has 9 nitrogen and oxygen atoms in total. The maximum Gasteiger partial charge on any atom is 0.297 e. The summed E-state index contributed by atoms with van der Waals surface area (Å²) in [6, 6.07) is 0. The maximum absolute atomic E-state index is 12.3. The predicted molar refractivity (Wildman–Crippen MR) is 77.1 cm³/mol. The van der Waals surface area contributed by atoms with Gasteiger partial charge in [-0.1, -0.05) is 5.10 Å². The smallest absolute Gasteiger partial charge is 0.297 e. The molecule has 0 saturated heterocycles. The largest absolute Gasteiger partial charge is 0.484 e. The molecule has 0 aromatic carbocycles. The second-order valence-electron chi connectivity index (χ2n) is 5.18. The van der Waals surface area contributed by atoms with Gasteiger partial charge in [-0.05, 0) is 45.0 Å². The zero-order valence-electron chi connectivity index (χ0n) is 13.1. The van der Waals surface area contributed by atoms with Crippen molar-refractivity contribution in [2.45, 2.75) is 46.8 Å². The van der Waals surface area contributed by atoms with E-state index in [2.05, 4.69) is 25.9 Å². The number of rotatable bonds is 6. The fraction of sp³-hybridized carbons (Fsp3) is 0.538. The minimum atomic E-state index is -0.532. The van der Waals surface area contributed by atoms with Gasteiger partial charge in [0.1, 0.15) is 5.76 Å². The van der Waals surface area contributed by atoms with Crippen molar-refractivity contribution in [3.63, 3.8) is 0 Å². The topological polar surface area (TPSA) is 115 Å². The van der Waals surface area contributed by atoms with Crippen LogP contribution in [0.4, 0.5) is 5.95 Å². The lowest BCUT2D eigenvalue weighted by Crippen LogP contribution is -2.16. The van der Waals surface area contributed by atoms with Gasteiger partial charge in [0.05, 0.1) is 12.2 Å². The molecule has 2 rings (SSSR count). The van der Waals surface area contributed by atoms with Crippen molar-refractivity contribution in [2.24, 2.45) is 0 Å². The number of anilines is 1. The second kappa shape index (κ2) is 6.46. The van der Waals surface area contributed by atoms with Crippen LogP contribution in [0.3, 0.4) is 0 Å². The first-order valence-corrected chi connectivity index (χ1v) is 6.90. The number of hydrogen-bond acceptors (Lipinski definition) is 7. The SMILES string of the molecule is Cc1oc(C(=O)Nc2nnn[nH]2)c(OC(C)C)c1OC(C)C. The first-order valence-electron chi connectivity index (χ1n) is 6.90. The van der Waals surface area contributed by atoms with Gasteiger partial charge in [-0.25, -0.2) is 5.10 Å². The van der Waals surface area contributed by atoms with Gasteiger partial charge in [0, 0.05) is 0 Å². The van der Waals surface area contributed by atoms with E-state index in [1.165, 1.54) is 0 Å².